The first-order valence-electron chi connectivity index (χ1n) is 8.25. The van der Waals surface area contributed by atoms with Crippen molar-refractivity contribution in [3.8, 4) is 11.5 Å². The number of nitrogens with one attached hydrogen (secondary N) is 1. The maximum absolute atomic E-state index is 12.4. The summed E-state index contributed by atoms with van der Waals surface area (Å²) in [6, 6.07) is 5.69. The van der Waals surface area contributed by atoms with Gasteiger partial charge in [-0.3, -0.25) is 4.79 Å². The van der Waals surface area contributed by atoms with Crippen LogP contribution in [0.15, 0.2) is 18.2 Å². The average molecular weight is 320 g/mol. The summed E-state index contributed by atoms with van der Waals surface area (Å²) in [7, 11) is 3.28. The molecule has 3 N–H and O–H groups in total. The zero-order valence-corrected chi connectivity index (χ0v) is 14.4. The molecule has 1 aromatic rings. The Morgan fingerprint density at radius 1 is 1.35 bits per heavy atom. The molecule has 1 saturated carbocycles. The summed E-state index contributed by atoms with van der Waals surface area (Å²) in [5, 5.41) is 3.03. The van der Waals surface area contributed by atoms with Gasteiger partial charge in [0, 0.05) is 12.1 Å². The Labute approximate surface area is 138 Å². The van der Waals surface area contributed by atoms with Crippen LogP contribution in [0.3, 0.4) is 0 Å². The molecule has 0 aliphatic heterocycles. The van der Waals surface area contributed by atoms with E-state index in [1.54, 1.807) is 14.2 Å². The number of amides is 1. The standard InChI is InChI=1S/C18H28N2O3/c1-18(19)10-5-4-6-15(18)17(21)20-11-9-13-12-14(22-2)7-8-16(13)23-3/h7-8,12,15H,4-6,9-11,19H2,1-3H3,(H,20,21). The molecule has 0 saturated heterocycles. The van der Waals surface area contributed by atoms with Gasteiger partial charge in [-0.2, -0.15) is 0 Å². The van der Waals surface area contributed by atoms with E-state index >= 15 is 0 Å². The minimum Gasteiger partial charge on any atom is -0.497 e. The van der Waals surface area contributed by atoms with Gasteiger partial charge in [0.15, 0.2) is 0 Å². The van der Waals surface area contributed by atoms with E-state index in [2.05, 4.69) is 5.32 Å². The van der Waals surface area contributed by atoms with Gasteiger partial charge in [-0.25, -0.2) is 0 Å². The van der Waals surface area contributed by atoms with E-state index in [0.717, 1.165) is 42.7 Å². The van der Waals surface area contributed by atoms with Gasteiger partial charge in [0.05, 0.1) is 20.1 Å². The fourth-order valence-electron chi connectivity index (χ4n) is 3.31. The second-order valence-electron chi connectivity index (χ2n) is 6.52. The Kier molecular flexibility index (Phi) is 5.88. The molecule has 0 bridgehead atoms. The number of hydrogen-bond donors (Lipinski definition) is 2. The lowest BCUT2D eigenvalue weighted by atomic mass is 9.74. The molecule has 2 rings (SSSR count). The topological polar surface area (TPSA) is 73.6 Å². The minimum absolute atomic E-state index is 0.0663. The number of carbonyl (C=O) groups is 1. The van der Waals surface area contributed by atoms with E-state index in [-0.39, 0.29) is 11.8 Å². The third-order valence-corrected chi connectivity index (χ3v) is 4.75. The van der Waals surface area contributed by atoms with Crippen LogP contribution < -0.4 is 20.5 Å². The van der Waals surface area contributed by atoms with E-state index in [0.29, 0.717) is 13.0 Å². The predicted molar refractivity (Wildman–Crippen MR) is 90.8 cm³/mol. The molecule has 5 nitrogen and oxygen atoms in total. The Balaban J connectivity index is 1.93. The van der Waals surface area contributed by atoms with Crippen LogP contribution in [0.5, 0.6) is 11.5 Å². The lowest BCUT2D eigenvalue weighted by Gasteiger charge is -2.37. The van der Waals surface area contributed by atoms with Gasteiger partial charge in [0.25, 0.3) is 0 Å². The van der Waals surface area contributed by atoms with Gasteiger partial charge in [-0.05, 0) is 49.9 Å². The summed E-state index contributed by atoms with van der Waals surface area (Å²) >= 11 is 0. The van der Waals surface area contributed by atoms with E-state index in [9.17, 15) is 4.79 Å². The molecule has 2 atom stereocenters. The van der Waals surface area contributed by atoms with Crippen molar-refractivity contribution in [3.05, 3.63) is 23.8 Å². The zero-order chi connectivity index (χ0) is 16.9. The van der Waals surface area contributed by atoms with Gasteiger partial charge >= 0.3 is 0 Å². The molecule has 5 heteroatoms. The van der Waals surface area contributed by atoms with Gasteiger partial charge in [0.1, 0.15) is 11.5 Å². The van der Waals surface area contributed by atoms with E-state index in [1.165, 1.54) is 0 Å². The lowest BCUT2D eigenvalue weighted by molar-refractivity contribution is -0.128. The van der Waals surface area contributed by atoms with Gasteiger partial charge in [0.2, 0.25) is 5.91 Å². The molecule has 0 heterocycles. The molecule has 23 heavy (non-hydrogen) atoms. The molecule has 0 radical (unpaired) electrons. The fourth-order valence-corrected chi connectivity index (χ4v) is 3.31. The monoisotopic (exact) mass is 320 g/mol. The summed E-state index contributed by atoms with van der Waals surface area (Å²) in [6.45, 7) is 2.55. The maximum Gasteiger partial charge on any atom is 0.224 e. The van der Waals surface area contributed by atoms with Crippen LogP contribution >= 0.6 is 0 Å². The number of methoxy groups -OCH3 is 2. The number of rotatable bonds is 6. The Bertz CT molecular complexity index is 543. The highest BCUT2D eigenvalue weighted by molar-refractivity contribution is 5.80. The molecule has 1 aliphatic rings. The van der Waals surface area contributed by atoms with E-state index < -0.39 is 5.54 Å². The highest BCUT2D eigenvalue weighted by Crippen LogP contribution is 2.31. The molecule has 128 valence electrons. The van der Waals surface area contributed by atoms with Crippen molar-refractivity contribution >= 4 is 5.91 Å². The normalized spacial score (nSPS) is 24.1. The smallest absolute Gasteiger partial charge is 0.224 e. The molecular formula is C18H28N2O3. The van der Waals surface area contributed by atoms with Crippen molar-refractivity contribution < 1.29 is 14.3 Å². The van der Waals surface area contributed by atoms with Crippen LogP contribution in [0, 0.1) is 5.92 Å². The largest absolute Gasteiger partial charge is 0.497 e. The van der Waals surface area contributed by atoms with Crippen LogP contribution in [0.25, 0.3) is 0 Å². The van der Waals surface area contributed by atoms with Crippen LogP contribution in [-0.4, -0.2) is 32.2 Å². The van der Waals surface area contributed by atoms with Crippen molar-refractivity contribution in [1.29, 1.82) is 0 Å². The first-order valence-corrected chi connectivity index (χ1v) is 8.25. The number of ether oxygens (including phenoxy) is 2. The van der Waals surface area contributed by atoms with Crippen molar-refractivity contribution in [2.75, 3.05) is 20.8 Å². The van der Waals surface area contributed by atoms with Gasteiger partial charge < -0.3 is 20.5 Å². The Morgan fingerprint density at radius 3 is 2.78 bits per heavy atom. The van der Waals surface area contributed by atoms with Crippen LogP contribution in [0.4, 0.5) is 0 Å². The second-order valence-corrected chi connectivity index (χ2v) is 6.52. The van der Waals surface area contributed by atoms with Crippen LogP contribution in [0.2, 0.25) is 0 Å². The molecule has 1 amide bonds. The summed E-state index contributed by atoms with van der Waals surface area (Å²) < 4.78 is 10.6. The molecule has 1 aliphatic carbocycles. The quantitative estimate of drug-likeness (QED) is 0.843. The molecule has 0 aromatic heterocycles. The first kappa shape index (κ1) is 17.6. The van der Waals surface area contributed by atoms with Crippen molar-refractivity contribution in [1.82, 2.24) is 5.32 Å². The predicted octanol–water partition coefficient (Wildman–Crippen LogP) is 2.27. The van der Waals surface area contributed by atoms with Crippen molar-refractivity contribution in [2.24, 2.45) is 11.7 Å². The minimum atomic E-state index is -0.393. The molecule has 0 spiro atoms. The highest BCUT2D eigenvalue weighted by Gasteiger charge is 2.37. The van der Waals surface area contributed by atoms with Gasteiger partial charge in [-0.1, -0.05) is 12.8 Å². The van der Waals surface area contributed by atoms with E-state index in [1.807, 2.05) is 25.1 Å². The summed E-state index contributed by atoms with van der Waals surface area (Å²) in [5.41, 5.74) is 6.92. The Morgan fingerprint density at radius 2 is 2.13 bits per heavy atom. The number of benzene rings is 1. The molecule has 1 fully saturated rings. The average Bonchev–Trinajstić information content (AvgIpc) is 2.54. The SMILES string of the molecule is COc1ccc(OC)c(CCNC(=O)C2CCCCC2(C)N)c1. The first-order chi connectivity index (χ1) is 11.0. The van der Waals surface area contributed by atoms with Gasteiger partial charge in [-0.15, -0.1) is 0 Å². The maximum atomic E-state index is 12.4. The highest BCUT2D eigenvalue weighted by atomic mass is 16.5. The summed E-state index contributed by atoms with van der Waals surface area (Å²) in [6.07, 6.45) is 4.67. The van der Waals surface area contributed by atoms with Crippen molar-refractivity contribution in [3.63, 3.8) is 0 Å². The molecule has 1 aromatic carbocycles. The van der Waals surface area contributed by atoms with Crippen LogP contribution in [0.1, 0.15) is 38.2 Å². The Hall–Kier alpha value is -1.75. The molecule has 2 unspecified atom stereocenters. The fraction of sp³-hybridized carbons (Fsp3) is 0.611. The van der Waals surface area contributed by atoms with Crippen LogP contribution in [-0.2, 0) is 11.2 Å². The molecular weight excluding hydrogens is 292 g/mol. The zero-order valence-electron chi connectivity index (χ0n) is 14.4. The number of nitrogens with two attached hydrogens (primary N) is 1. The van der Waals surface area contributed by atoms with E-state index in [4.69, 9.17) is 15.2 Å². The lowest BCUT2D eigenvalue weighted by Crippen LogP contribution is -2.53. The van der Waals surface area contributed by atoms with Crippen molar-refractivity contribution in [2.45, 2.75) is 44.6 Å². The third kappa shape index (κ3) is 4.38. The third-order valence-electron chi connectivity index (χ3n) is 4.75. The summed E-state index contributed by atoms with van der Waals surface area (Å²) in [4.78, 5) is 12.4. The second kappa shape index (κ2) is 7.68. The number of carbonyl (C=O) groups excluding carboxylic acids is 1. The summed E-state index contributed by atoms with van der Waals surface area (Å²) in [5.74, 6) is 1.57. The number of hydrogen-bond acceptors (Lipinski definition) is 4.